The van der Waals surface area contributed by atoms with Gasteiger partial charge in [0.1, 0.15) is 5.69 Å². The number of nitrogens with one attached hydrogen (secondary N) is 1. The summed E-state index contributed by atoms with van der Waals surface area (Å²) < 4.78 is 0.878. The van der Waals surface area contributed by atoms with Gasteiger partial charge in [-0.05, 0) is 24.3 Å². The lowest BCUT2D eigenvalue weighted by Gasteiger charge is -2.05. The van der Waals surface area contributed by atoms with Crippen molar-refractivity contribution < 1.29 is 4.92 Å². The van der Waals surface area contributed by atoms with Gasteiger partial charge in [-0.2, -0.15) is 0 Å². The van der Waals surface area contributed by atoms with E-state index < -0.39 is 0 Å². The SMILES string of the molecule is O=[N+]([O-])c1sc2ccccc2c1Nc1cccc(Cl)c1. The lowest BCUT2D eigenvalue weighted by atomic mass is 10.2. The van der Waals surface area contributed by atoms with Gasteiger partial charge in [-0.15, -0.1) is 0 Å². The molecule has 0 unspecified atom stereocenters. The van der Waals surface area contributed by atoms with E-state index in [0.717, 1.165) is 27.1 Å². The number of fused-ring (bicyclic) bond motifs is 1. The average molecular weight is 305 g/mol. The van der Waals surface area contributed by atoms with E-state index in [0.29, 0.717) is 10.7 Å². The van der Waals surface area contributed by atoms with Crippen LogP contribution in [0.25, 0.3) is 10.1 Å². The van der Waals surface area contributed by atoms with Gasteiger partial charge in [0.2, 0.25) is 0 Å². The van der Waals surface area contributed by atoms with Crippen LogP contribution < -0.4 is 5.32 Å². The lowest BCUT2D eigenvalue weighted by Crippen LogP contribution is -1.93. The Morgan fingerprint density at radius 1 is 1.15 bits per heavy atom. The molecule has 2 aromatic carbocycles. The highest BCUT2D eigenvalue weighted by Gasteiger charge is 2.21. The Morgan fingerprint density at radius 3 is 2.70 bits per heavy atom. The molecule has 100 valence electrons. The first-order valence-electron chi connectivity index (χ1n) is 5.83. The molecule has 0 aliphatic heterocycles. The molecule has 1 aromatic heterocycles. The van der Waals surface area contributed by atoms with Crippen molar-refractivity contribution in [1.29, 1.82) is 0 Å². The lowest BCUT2D eigenvalue weighted by molar-refractivity contribution is -0.379. The zero-order chi connectivity index (χ0) is 14.1. The smallest absolute Gasteiger partial charge is 0.348 e. The monoisotopic (exact) mass is 304 g/mol. The summed E-state index contributed by atoms with van der Waals surface area (Å²) >= 11 is 7.10. The zero-order valence-corrected chi connectivity index (χ0v) is 11.7. The Kier molecular flexibility index (Phi) is 3.30. The molecule has 6 heteroatoms. The number of benzene rings is 2. The summed E-state index contributed by atoms with van der Waals surface area (Å²) in [5.41, 5.74) is 1.24. The van der Waals surface area contributed by atoms with Gasteiger partial charge in [-0.3, -0.25) is 10.1 Å². The number of nitrogens with zero attached hydrogens (tertiary/aromatic N) is 1. The second kappa shape index (κ2) is 5.11. The Balaban J connectivity index is 2.14. The Hall–Kier alpha value is -2.11. The first-order valence-corrected chi connectivity index (χ1v) is 7.03. The maximum Gasteiger partial charge on any atom is 0.348 e. The number of rotatable bonds is 3. The van der Waals surface area contributed by atoms with E-state index in [-0.39, 0.29) is 9.92 Å². The van der Waals surface area contributed by atoms with Crippen molar-refractivity contribution in [3.8, 4) is 0 Å². The van der Waals surface area contributed by atoms with Gasteiger partial charge in [0.05, 0.1) is 4.92 Å². The van der Waals surface area contributed by atoms with E-state index >= 15 is 0 Å². The number of nitro groups is 1. The van der Waals surface area contributed by atoms with E-state index in [9.17, 15) is 10.1 Å². The third-order valence-electron chi connectivity index (χ3n) is 2.84. The standard InChI is InChI=1S/C14H9ClN2O2S/c15-9-4-3-5-10(8-9)16-13-11-6-1-2-7-12(11)20-14(13)17(18)19/h1-8,16H. The molecule has 0 spiro atoms. The first kappa shape index (κ1) is 12.9. The second-order valence-corrected chi connectivity index (χ2v) is 5.64. The van der Waals surface area contributed by atoms with Crippen LogP contribution in [0.3, 0.4) is 0 Å². The molecule has 0 amide bonds. The fraction of sp³-hybridized carbons (Fsp3) is 0. The minimum Gasteiger partial charge on any atom is -0.349 e. The van der Waals surface area contributed by atoms with Crippen molar-refractivity contribution in [1.82, 2.24) is 0 Å². The molecule has 1 heterocycles. The molecule has 0 atom stereocenters. The predicted octanol–water partition coefficient (Wildman–Crippen LogP) is 5.21. The molecule has 20 heavy (non-hydrogen) atoms. The van der Waals surface area contributed by atoms with E-state index in [1.54, 1.807) is 18.2 Å². The van der Waals surface area contributed by atoms with Crippen LogP contribution in [0, 0.1) is 10.1 Å². The molecule has 0 saturated carbocycles. The molecule has 0 aliphatic carbocycles. The van der Waals surface area contributed by atoms with Gasteiger partial charge in [0.15, 0.2) is 0 Å². The van der Waals surface area contributed by atoms with Crippen molar-refractivity contribution in [2.75, 3.05) is 5.32 Å². The van der Waals surface area contributed by atoms with Crippen LogP contribution in [-0.4, -0.2) is 4.92 Å². The molecule has 0 bridgehead atoms. The van der Waals surface area contributed by atoms with E-state index in [2.05, 4.69) is 5.32 Å². The van der Waals surface area contributed by atoms with Crippen molar-refractivity contribution in [2.24, 2.45) is 0 Å². The van der Waals surface area contributed by atoms with Crippen molar-refractivity contribution in [3.05, 3.63) is 63.7 Å². The van der Waals surface area contributed by atoms with Gasteiger partial charge in [-0.1, -0.05) is 47.2 Å². The number of hydrogen-bond donors (Lipinski definition) is 1. The summed E-state index contributed by atoms with van der Waals surface area (Å²) in [5.74, 6) is 0. The van der Waals surface area contributed by atoms with Crippen LogP contribution in [-0.2, 0) is 0 Å². The summed E-state index contributed by atoms with van der Waals surface area (Å²) in [6, 6.07) is 14.6. The molecular weight excluding hydrogens is 296 g/mol. The highest BCUT2D eigenvalue weighted by atomic mass is 35.5. The van der Waals surface area contributed by atoms with Crippen molar-refractivity contribution in [3.63, 3.8) is 0 Å². The van der Waals surface area contributed by atoms with Gasteiger partial charge in [0, 0.05) is 20.8 Å². The third-order valence-corrected chi connectivity index (χ3v) is 4.19. The van der Waals surface area contributed by atoms with Crippen molar-refractivity contribution in [2.45, 2.75) is 0 Å². The van der Waals surface area contributed by atoms with E-state index in [1.165, 1.54) is 0 Å². The zero-order valence-electron chi connectivity index (χ0n) is 10.2. The maximum atomic E-state index is 11.2. The fourth-order valence-electron chi connectivity index (χ4n) is 1.99. The van der Waals surface area contributed by atoms with Gasteiger partial charge >= 0.3 is 5.00 Å². The number of halogens is 1. The Morgan fingerprint density at radius 2 is 1.95 bits per heavy atom. The molecule has 4 nitrogen and oxygen atoms in total. The second-order valence-electron chi connectivity index (χ2n) is 4.17. The molecule has 0 fully saturated rings. The fourth-order valence-corrected chi connectivity index (χ4v) is 3.16. The number of anilines is 2. The molecule has 3 aromatic rings. The van der Waals surface area contributed by atoms with Crippen molar-refractivity contribution >= 4 is 49.4 Å². The predicted molar refractivity (Wildman–Crippen MR) is 83.2 cm³/mol. The van der Waals surface area contributed by atoms with Crippen LogP contribution in [0.5, 0.6) is 0 Å². The molecule has 0 saturated heterocycles. The first-order chi connectivity index (χ1) is 9.65. The topological polar surface area (TPSA) is 55.2 Å². The third kappa shape index (κ3) is 2.33. The highest BCUT2D eigenvalue weighted by molar-refractivity contribution is 7.23. The van der Waals surface area contributed by atoms with Crippen LogP contribution in [0.2, 0.25) is 5.02 Å². The van der Waals surface area contributed by atoms with Crippen LogP contribution >= 0.6 is 22.9 Å². The highest BCUT2D eigenvalue weighted by Crippen LogP contribution is 2.42. The van der Waals surface area contributed by atoms with Crippen LogP contribution in [0.4, 0.5) is 16.4 Å². The van der Waals surface area contributed by atoms with E-state index in [1.807, 2.05) is 30.3 Å². The van der Waals surface area contributed by atoms with E-state index in [4.69, 9.17) is 11.6 Å². The van der Waals surface area contributed by atoms with Gasteiger partial charge < -0.3 is 5.32 Å². The van der Waals surface area contributed by atoms with Crippen LogP contribution in [0.1, 0.15) is 0 Å². The normalized spacial score (nSPS) is 10.7. The van der Waals surface area contributed by atoms with Gasteiger partial charge in [0.25, 0.3) is 0 Å². The Labute approximate surface area is 123 Å². The number of hydrogen-bond acceptors (Lipinski definition) is 4. The number of thiophene rings is 1. The Bertz CT molecular complexity index is 801. The molecule has 1 N–H and O–H groups in total. The minimum atomic E-state index is -0.364. The largest absolute Gasteiger partial charge is 0.349 e. The average Bonchev–Trinajstić information content (AvgIpc) is 2.78. The summed E-state index contributed by atoms with van der Waals surface area (Å²) in [6.07, 6.45) is 0. The molecule has 3 rings (SSSR count). The summed E-state index contributed by atoms with van der Waals surface area (Å²) in [7, 11) is 0. The molecule has 0 aliphatic rings. The molecular formula is C14H9ClN2O2S. The molecule has 0 radical (unpaired) electrons. The van der Waals surface area contributed by atoms with Gasteiger partial charge in [-0.25, -0.2) is 0 Å². The summed E-state index contributed by atoms with van der Waals surface area (Å²) in [6.45, 7) is 0. The maximum absolute atomic E-state index is 11.2. The van der Waals surface area contributed by atoms with Crippen LogP contribution in [0.15, 0.2) is 48.5 Å². The summed E-state index contributed by atoms with van der Waals surface area (Å²) in [5, 5.41) is 15.8. The quantitative estimate of drug-likeness (QED) is 0.534. The summed E-state index contributed by atoms with van der Waals surface area (Å²) in [4.78, 5) is 10.8. The minimum absolute atomic E-state index is 0.103.